The first-order chi connectivity index (χ1) is 40.6. The van der Waals surface area contributed by atoms with E-state index in [4.69, 9.17) is 9.47 Å². The molecule has 0 aromatic heterocycles. The Morgan fingerprint density at radius 1 is 0.686 bits per heavy atom. The third kappa shape index (κ3) is 11.9. The minimum Gasteiger partial charge on any atom is -0.508 e. The lowest BCUT2D eigenvalue weighted by molar-refractivity contribution is -0.559. The van der Waals surface area contributed by atoms with Gasteiger partial charge in [-0.05, 0) is 121 Å². The number of aliphatic hydroxyl groups is 1. The van der Waals surface area contributed by atoms with Gasteiger partial charge in [0.2, 0.25) is 5.54 Å². The van der Waals surface area contributed by atoms with Crippen LogP contribution in [0, 0.1) is 51.0 Å². The van der Waals surface area contributed by atoms with Gasteiger partial charge < -0.3 is 35.0 Å². The molecule has 0 spiro atoms. The van der Waals surface area contributed by atoms with E-state index < -0.39 is 40.7 Å². The van der Waals surface area contributed by atoms with E-state index in [1.807, 2.05) is 42.5 Å². The summed E-state index contributed by atoms with van der Waals surface area (Å²) >= 11 is 0. The Balaban J connectivity index is 1.39. The number of benzene rings is 4. The molecule has 0 fully saturated rings. The summed E-state index contributed by atoms with van der Waals surface area (Å²) in [6.45, 7) is 27.8. The zero-order valence-corrected chi connectivity index (χ0v) is 53.1. The highest BCUT2D eigenvalue weighted by Crippen LogP contribution is 2.59. The van der Waals surface area contributed by atoms with Gasteiger partial charge in [0.15, 0.2) is 0 Å². The summed E-state index contributed by atoms with van der Waals surface area (Å²) in [5, 5.41) is 78.2. The van der Waals surface area contributed by atoms with Gasteiger partial charge in [0.05, 0.1) is 13.0 Å². The molecule has 4 aromatic rings. The highest BCUT2D eigenvalue weighted by molar-refractivity contribution is 5.68. The Morgan fingerprint density at radius 2 is 1.30 bits per heavy atom. The van der Waals surface area contributed by atoms with Crippen LogP contribution in [0.5, 0.6) is 34.5 Å². The number of nitrogens with zero attached hydrogens (tertiary/aromatic N) is 1. The van der Waals surface area contributed by atoms with E-state index in [9.17, 15) is 35.6 Å². The predicted molar refractivity (Wildman–Crippen MR) is 345 cm³/mol. The Morgan fingerprint density at radius 3 is 1.91 bits per heavy atom. The highest BCUT2D eigenvalue weighted by atomic mass is 16.6. The van der Waals surface area contributed by atoms with Crippen LogP contribution in [-0.2, 0) is 6.42 Å². The normalized spacial score (nSPS) is 27.1. The van der Waals surface area contributed by atoms with Crippen molar-refractivity contribution in [3.8, 4) is 34.5 Å². The molecule has 10 heteroatoms. The van der Waals surface area contributed by atoms with Crippen LogP contribution in [0.3, 0.4) is 0 Å². The molecule has 0 saturated heterocycles. The maximum atomic E-state index is 14.2. The van der Waals surface area contributed by atoms with Crippen molar-refractivity contribution in [2.24, 2.45) is 40.9 Å². The summed E-state index contributed by atoms with van der Waals surface area (Å²) in [5.74, 6) is -3.10. The standard InChI is InChI=1S/C76H91NO9/c1-42(2)27-48-15-19-51(20-16-48)72-57-32-58(66(81)36-65(57)80)73(54-22-18-49(28-43(3)4)30-46(9)47(54)10)60-33-61-69(37-68(60)85-14)86-75(12)39-50(29-44(5)6)17-21-53(40-75)71(61)56-31-55(63(78)35-64(56)79)70(52-23-25-74(11,26-24-52)38-45(7)8)59-34-62(72)76(13,77(83)84)41-67(59)82/h15-25,30-37,41-46,62,70-73,78-82H,26-29,38-40H2,1-14H3. The number of nitro groups is 1. The second-order valence-electron chi connectivity index (χ2n) is 28.5. The molecule has 10 nitrogen and oxygen atoms in total. The maximum absolute atomic E-state index is 14.2. The number of fused-ring (bicyclic) bond motifs is 10. The molecule has 0 saturated carbocycles. The number of aromatic hydroxyl groups is 4. The molecule has 6 aliphatic rings. The van der Waals surface area contributed by atoms with Crippen molar-refractivity contribution in [3.63, 3.8) is 0 Å². The zero-order chi connectivity index (χ0) is 62.1. The third-order valence-electron chi connectivity index (χ3n) is 19.2. The first-order valence-corrected chi connectivity index (χ1v) is 31.4. The lowest BCUT2D eigenvalue weighted by Gasteiger charge is -2.39. The van der Waals surface area contributed by atoms with Crippen LogP contribution in [0.15, 0.2) is 166 Å². The fraction of sp³-hybridized carbons (Fsp3) is 0.447. The number of methoxy groups -OCH3 is 1. The summed E-state index contributed by atoms with van der Waals surface area (Å²) in [4.78, 5) is 13.9. The largest absolute Gasteiger partial charge is 0.508 e. The van der Waals surface area contributed by atoms with Crippen molar-refractivity contribution in [2.45, 2.75) is 170 Å². The van der Waals surface area contributed by atoms with E-state index in [1.165, 1.54) is 36.3 Å². The van der Waals surface area contributed by atoms with Crippen molar-refractivity contribution in [1.29, 1.82) is 0 Å². The number of hydrogen-bond donors (Lipinski definition) is 5. The molecule has 454 valence electrons. The van der Waals surface area contributed by atoms with Gasteiger partial charge in [-0.2, -0.15) is 0 Å². The van der Waals surface area contributed by atoms with Crippen LogP contribution in [0.25, 0.3) is 0 Å². The molecule has 0 radical (unpaired) electrons. The number of phenolic OH excluding ortho intramolecular Hbond substituents is 4. The van der Waals surface area contributed by atoms with E-state index in [0.717, 1.165) is 59.1 Å². The smallest absolute Gasteiger partial charge is 0.248 e. The summed E-state index contributed by atoms with van der Waals surface area (Å²) in [7, 11) is 1.64. The van der Waals surface area contributed by atoms with Gasteiger partial charge in [0, 0.05) is 112 Å². The molecule has 9 atom stereocenters. The number of allylic oxidation sites excluding steroid dienone is 13. The van der Waals surface area contributed by atoms with Crippen LogP contribution in [-0.4, -0.2) is 48.7 Å². The highest BCUT2D eigenvalue weighted by Gasteiger charge is 2.53. The quantitative estimate of drug-likeness (QED) is 0.0648. The maximum Gasteiger partial charge on any atom is 0.248 e. The molecule has 10 rings (SSSR count). The van der Waals surface area contributed by atoms with Crippen LogP contribution in [0.4, 0.5) is 0 Å². The van der Waals surface area contributed by atoms with E-state index in [-0.39, 0.29) is 45.0 Å². The number of ether oxygens (including phenoxy) is 2. The van der Waals surface area contributed by atoms with Gasteiger partial charge in [-0.25, -0.2) is 0 Å². The molecule has 5 N–H and O–H groups in total. The van der Waals surface area contributed by atoms with E-state index in [1.54, 1.807) is 13.2 Å². The summed E-state index contributed by atoms with van der Waals surface area (Å²) < 4.78 is 14.0. The summed E-state index contributed by atoms with van der Waals surface area (Å²) in [6, 6.07) is 18.6. The lowest BCUT2D eigenvalue weighted by atomic mass is 9.64. The molecule has 86 heavy (non-hydrogen) atoms. The molecule has 1 heterocycles. The first-order valence-electron chi connectivity index (χ1n) is 31.4. The first kappa shape index (κ1) is 61.6. The third-order valence-corrected chi connectivity index (χ3v) is 19.2. The SMILES string of the molecule is COc1cc2c3cc1C(C1=C(C)C(C)C=C(CC(C)C)C=C1)c1cc(c(O)cc1O)C(c1ccc(CC(C)C)cc1)C1C=C(C(O)=CC1(C)[N+](=O)[O-])C(C1=CCC(C)(CC(C)C)C=C1)c1cc(c(O)cc1O)C3C1=CC=C(CC(C)C)CC(C)(C1)O2. The summed E-state index contributed by atoms with van der Waals surface area (Å²) in [6.07, 6.45) is 25.8. The van der Waals surface area contributed by atoms with Crippen molar-refractivity contribution < 1.29 is 39.9 Å². The molecule has 4 aromatic carbocycles. The molecular weight excluding hydrogens is 1070 g/mol. The van der Waals surface area contributed by atoms with Crippen molar-refractivity contribution >= 4 is 0 Å². The topological polar surface area (TPSA) is 163 Å². The Hall–Kier alpha value is -7.46. The lowest BCUT2D eigenvalue weighted by Crippen LogP contribution is -2.45. The number of aliphatic hydroxyl groups excluding tert-OH is 1. The van der Waals surface area contributed by atoms with Gasteiger partial charge in [-0.1, -0.05) is 170 Å². The summed E-state index contributed by atoms with van der Waals surface area (Å²) in [5.41, 5.74) is 8.33. The second kappa shape index (κ2) is 23.7. The Kier molecular flexibility index (Phi) is 17.0. The van der Waals surface area contributed by atoms with Gasteiger partial charge in [-0.3, -0.25) is 10.1 Å². The van der Waals surface area contributed by atoms with Gasteiger partial charge in [-0.15, -0.1) is 0 Å². The van der Waals surface area contributed by atoms with Gasteiger partial charge in [0.25, 0.3) is 0 Å². The van der Waals surface area contributed by atoms with Crippen molar-refractivity contribution in [1.82, 2.24) is 0 Å². The minimum absolute atomic E-state index is 0.0442. The van der Waals surface area contributed by atoms with Crippen LogP contribution in [0.1, 0.15) is 197 Å². The van der Waals surface area contributed by atoms with E-state index in [2.05, 4.69) is 138 Å². The zero-order valence-electron chi connectivity index (χ0n) is 53.1. The van der Waals surface area contributed by atoms with Crippen molar-refractivity contribution in [2.75, 3.05) is 7.11 Å². The van der Waals surface area contributed by atoms with Crippen LogP contribution in [0.2, 0.25) is 0 Å². The van der Waals surface area contributed by atoms with E-state index >= 15 is 0 Å². The van der Waals surface area contributed by atoms with Gasteiger partial charge in [0.1, 0.15) is 45.9 Å². The predicted octanol–water partition coefficient (Wildman–Crippen LogP) is 18.5. The van der Waals surface area contributed by atoms with Gasteiger partial charge >= 0.3 is 0 Å². The van der Waals surface area contributed by atoms with Crippen molar-refractivity contribution in [3.05, 3.63) is 221 Å². The molecule has 5 aliphatic carbocycles. The molecule has 1 aliphatic heterocycles. The Labute approximate surface area is 510 Å². The Bertz CT molecular complexity index is 3630. The molecule has 0 amide bonds. The average Bonchev–Trinajstić information content (AvgIpc) is 1.13. The number of phenols is 4. The molecular formula is C76H91NO9. The fourth-order valence-electron chi connectivity index (χ4n) is 15.4. The average molecular weight is 1160 g/mol. The monoisotopic (exact) mass is 1160 g/mol. The number of rotatable bonds is 13. The number of hydrogen-bond acceptors (Lipinski definition) is 9. The van der Waals surface area contributed by atoms with Crippen LogP contribution >= 0.6 is 0 Å². The van der Waals surface area contributed by atoms with Crippen LogP contribution < -0.4 is 9.47 Å². The fourth-order valence-corrected chi connectivity index (χ4v) is 15.4. The minimum atomic E-state index is -1.99. The van der Waals surface area contributed by atoms with E-state index in [0.29, 0.717) is 93.4 Å². The second-order valence-corrected chi connectivity index (χ2v) is 28.5. The molecule has 10 bridgehead atoms. The molecule has 9 unspecified atom stereocenters.